The molecule has 5 rings (SSSR count). The highest BCUT2D eigenvalue weighted by atomic mass is 16.4. The van der Waals surface area contributed by atoms with Gasteiger partial charge in [-0.3, -0.25) is 0 Å². The first-order valence-electron chi connectivity index (χ1n) is 11.0. The lowest BCUT2D eigenvalue weighted by Crippen LogP contribution is -3.15. The molecular weight excluding hydrogens is 396 g/mol. The highest BCUT2D eigenvalue weighted by Gasteiger charge is 2.32. The van der Waals surface area contributed by atoms with Crippen molar-refractivity contribution in [3.05, 3.63) is 108 Å². The summed E-state index contributed by atoms with van der Waals surface area (Å²) in [4.78, 5) is 8.12. The molecule has 1 aromatic heterocycles. The van der Waals surface area contributed by atoms with Gasteiger partial charge in [-0.2, -0.15) is 10.2 Å². The van der Waals surface area contributed by atoms with Crippen LogP contribution < -0.4 is 9.80 Å². The minimum atomic E-state index is 0.282. The van der Waals surface area contributed by atoms with Gasteiger partial charge in [-0.15, -0.1) is 0 Å². The Labute approximate surface area is 188 Å². The number of aromatic nitrogens is 1. The first kappa shape index (κ1) is 20.0. The van der Waals surface area contributed by atoms with Crippen molar-refractivity contribution in [1.29, 1.82) is 5.26 Å². The number of nitriles is 1. The monoisotopic (exact) mass is 421 g/mol. The van der Waals surface area contributed by atoms with Crippen molar-refractivity contribution in [2.45, 2.75) is 6.04 Å². The number of rotatable bonds is 5. The zero-order valence-electron chi connectivity index (χ0n) is 17.8. The number of anilines is 1. The van der Waals surface area contributed by atoms with Crippen molar-refractivity contribution >= 4 is 5.88 Å². The van der Waals surface area contributed by atoms with E-state index >= 15 is 0 Å². The second-order valence-corrected chi connectivity index (χ2v) is 8.05. The van der Waals surface area contributed by atoms with Gasteiger partial charge in [-0.1, -0.05) is 78.9 Å². The maximum Gasteiger partial charge on any atom is 0.235 e. The molecule has 5 heteroatoms. The fourth-order valence-electron chi connectivity index (χ4n) is 4.54. The molecule has 0 spiro atoms. The summed E-state index contributed by atoms with van der Waals surface area (Å²) in [7, 11) is 0. The van der Waals surface area contributed by atoms with Gasteiger partial charge in [0.2, 0.25) is 17.5 Å². The van der Waals surface area contributed by atoms with Crippen molar-refractivity contribution in [3.63, 3.8) is 0 Å². The summed E-state index contributed by atoms with van der Waals surface area (Å²) in [6, 6.07) is 33.7. The third-order valence-electron chi connectivity index (χ3n) is 6.10. The average molecular weight is 422 g/mol. The highest BCUT2D eigenvalue weighted by Crippen LogP contribution is 2.28. The molecule has 0 bridgehead atoms. The van der Waals surface area contributed by atoms with E-state index in [1.54, 1.807) is 0 Å². The van der Waals surface area contributed by atoms with E-state index in [1.807, 2.05) is 30.3 Å². The van der Waals surface area contributed by atoms with Crippen molar-refractivity contribution in [3.8, 4) is 17.5 Å². The molecule has 2 heterocycles. The van der Waals surface area contributed by atoms with Gasteiger partial charge in [0.15, 0.2) is 0 Å². The third-order valence-corrected chi connectivity index (χ3v) is 6.10. The Balaban J connectivity index is 1.38. The number of hydrogen-bond donors (Lipinski definition) is 1. The number of benzene rings is 3. The van der Waals surface area contributed by atoms with Crippen molar-refractivity contribution in [1.82, 2.24) is 4.98 Å². The summed E-state index contributed by atoms with van der Waals surface area (Å²) in [5.74, 6) is 1.08. The maximum atomic E-state index is 9.64. The summed E-state index contributed by atoms with van der Waals surface area (Å²) in [5.41, 5.74) is 3.89. The SMILES string of the molecule is N#Cc1nc(-c2ccccc2)oc1N1CC[NH+](C(c2ccccc2)c2ccccc2)CC1. The van der Waals surface area contributed by atoms with E-state index in [4.69, 9.17) is 4.42 Å². The smallest absolute Gasteiger partial charge is 0.235 e. The van der Waals surface area contributed by atoms with Gasteiger partial charge in [0.1, 0.15) is 12.1 Å². The van der Waals surface area contributed by atoms with E-state index in [1.165, 1.54) is 16.0 Å². The Morgan fingerprint density at radius 3 is 1.88 bits per heavy atom. The molecule has 0 atom stereocenters. The van der Waals surface area contributed by atoms with Crippen molar-refractivity contribution in [2.24, 2.45) is 0 Å². The fourth-order valence-corrected chi connectivity index (χ4v) is 4.54. The molecule has 0 radical (unpaired) electrons. The maximum absolute atomic E-state index is 9.64. The van der Waals surface area contributed by atoms with Gasteiger partial charge in [0.25, 0.3) is 0 Å². The fraction of sp³-hybridized carbons (Fsp3) is 0.185. The van der Waals surface area contributed by atoms with Gasteiger partial charge < -0.3 is 14.2 Å². The minimum Gasteiger partial charge on any atom is -0.419 e. The van der Waals surface area contributed by atoms with Crippen molar-refractivity contribution in [2.75, 3.05) is 31.1 Å². The van der Waals surface area contributed by atoms with Crippen LogP contribution in [0.1, 0.15) is 22.9 Å². The van der Waals surface area contributed by atoms with Gasteiger partial charge in [0, 0.05) is 16.7 Å². The second-order valence-electron chi connectivity index (χ2n) is 8.05. The quantitative estimate of drug-likeness (QED) is 0.534. The average Bonchev–Trinajstić information content (AvgIpc) is 3.31. The predicted octanol–water partition coefficient (Wildman–Crippen LogP) is 3.71. The number of oxazole rings is 1. The lowest BCUT2D eigenvalue weighted by atomic mass is 9.96. The summed E-state index contributed by atoms with van der Waals surface area (Å²) in [5, 5.41) is 9.64. The second kappa shape index (κ2) is 9.09. The number of hydrogen-bond acceptors (Lipinski definition) is 4. The van der Waals surface area contributed by atoms with Gasteiger partial charge in [0.05, 0.1) is 26.2 Å². The molecule has 1 aliphatic rings. The minimum absolute atomic E-state index is 0.282. The molecule has 3 aromatic carbocycles. The van der Waals surface area contributed by atoms with Crippen LogP contribution in [-0.2, 0) is 0 Å². The van der Waals surface area contributed by atoms with Crippen molar-refractivity contribution < 1.29 is 9.32 Å². The van der Waals surface area contributed by atoms with E-state index in [-0.39, 0.29) is 6.04 Å². The third kappa shape index (κ3) is 4.01. The topological polar surface area (TPSA) is 57.5 Å². The summed E-state index contributed by atoms with van der Waals surface area (Å²) in [6.45, 7) is 3.51. The number of quaternary nitrogens is 1. The molecule has 1 N–H and O–H groups in total. The molecule has 0 aliphatic carbocycles. The Hall–Kier alpha value is -3.88. The molecule has 32 heavy (non-hydrogen) atoms. The Morgan fingerprint density at radius 2 is 1.34 bits per heavy atom. The Kier molecular flexibility index (Phi) is 5.69. The van der Waals surface area contributed by atoms with Crippen LogP contribution in [0.2, 0.25) is 0 Å². The molecule has 5 nitrogen and oxygen atoms in total. The van der Waals surface area contributed by atoms with Crippen LogP contribution in [0, 0.1) is 11.3 Å². The van der Waals surface area contributed by atoms with E-state index in [0.29, 0.717) is 17.5 Å². The molecule has 0 amide bonds. The van der Waals surface area contributed by atoms with Gasteiger partial charge in [-0.05, 0) is 12.1 Å². The summed E-state index contributed by atoms with van der Waals surface area (Å²) < 4.78 is 6.08. The van der Waals surface area contributed by atoms with Crippen LogP contribution in [-0.4, -0.2) is 31.2 Å². The lowest BCUT2D eigenvalue weighted by molar-refractivity contribution is -0.926. The molecule has 1 saturated heterocycles. The molecule has 1 fully saturated rings. The van der Waals surface area contributed by atoms with Gasteiger partial charge >= 0.3 is 0 Å². The molecule has 158 valence electrons. The number of piperazine rings is 1. The first-order valence-corrected chi connectivity index (χ1v) is 11.0. The lowest BCUT2D eigenvalue weighted by Gasteiger charge is -2.36. The Morgan fingerprint density at radius 1 is 0.812 bits per heavy atom. The van der Waals surface area contributed by atoms with Crippen LogP contribution in [0.3, 0.4) is 0 Å². The van der Waals surface area contributed by atoms with Crippen LogP contribution >= 0.6 is 0 Å². The number of nitrogens with one attached hydrogen (secondary N) is 1. The zero-order valence-corrected chi connectivity index (χ0v) is 17.8. The van der Waals surface area contributed by atoms with Crippen LogP contribution in [0.4, 0.5) is 5.88 Å². The molecule has 4 aromatic rings. The predicted molar refractivity (Wildman–Crippen MR) is 124 cm³/mol. The van der Waals surface area contributed by atoms with Crippen LogP contribution in [0.15, 0.2) is 95.4 Å². The molecule has 0 saturated carbocycles. The van der Waals surface area contributed by atoms with E-state index in [9.17, 15) is 5.26 Å². The Bertz CT molecular complexity index is 1150. The zero-order chi connectivity index (χ0) is 21.8. The van der Waals surface area contributed by atoms with Crippen LogP contribution in [0.5, 0.6) is 0 Å². The highest BCUT2D eigenvalue weighted by molar-refractivity contribution is 5.59. The van der Waals surface area contributed by atoms with Gasteiger partial charge in [-0.25, -0.2) is 0 Å². The largest absolute Gasteiger partial charge is 0.419 e. The first-order chi connectivity index (χ1) is 15.8. The van der Waals surface area contributed by atoms with E-state index in [0.717, 1.165) is 31.7 Å². The molecule has 1 aliphatic heterocycles. The summed E-state index contributed by atoms with van der Waals surface area (Å²) >= 11 is 0. The molecule has 0 unspecified atom stereocenters. The van der Waals surface area contributed by atoms with Crippen LogP contribution in [0.25, 0.3) is 11.5 Å². The van der Waals surface area contributed by atoms with E-state index in [2.05, 4.69) is 76.6 Å². The molecular formula is C27H25N4O+. The standard InChI is InChI=1S/C27H24N4O/c28-20-24-27(32-26(29-24)23-14-8-3-9-15-23)31-18-16-30(17-19-31)25(21-10-4-1-5-11-21)22-12-6-2-7-13-22/h1-15,25H,16-19H2/p+1. The normalized spacial score (nSPS) is 14.4. The number of nitrogens with zero attached hydrogens (tertiary/aromatic N) is 3. The van der Waals surface area contributed by atoms with E-state index < -0.39 is 0 Å². The summed E-state index contributed by atoms with van der Waals surface area (Å²) in [6.07, 6.45) is 0.